The molecular weight excluding hydrogens is 174 g/mol. The maximum atomic E-state index is 6.00. The maximum Gasteiger partial charge on any atom is 0.0469 e. The third-order valence-electron chi connectivity index (χ3n) is 3.72. The Morgan fingerprint density at radius 2 is 1.79 bits per heavy atom. The van der Waals surface area contributed by atoms with Gasteiger partial charge in [-0.3, -0.25) is 0 Å². The van der Waals surface area contributed by atoms with Crippen molar-refractivity contribution in [3.05, 3.63) is 0 Å². The van der Waals surface area contributed by atoms with Crippen molar-refractivity contribution in [3.63, 3.8) is 0 Å². The first-order valence-corrected chi connectivity index (χ1v) is 6.19. The van der Waals surface area contributed by atoms with Gasteiger partial charge in [-0.05, 0) is 37.5 Å². The highest BCUT2D eigenvalue weighted by Crippen LogP contribution is 2.32. The predicted molar refractivity (Wildman–Crippen MR) is 58.1 cm³/mol. The minimum absolute atomic E-state index is 0.460. The van der Waals surface area contributed by atoms with E-state index in [4.69, 9.17) is 10.5 Å². The summed E-state index contributed by atoms with van der Waals surface area (Å²) in [5, 5.41) is 0. The van der Waals surface area contributed by atoms with Crippen LogP contribution in [0.4, 0.5) is 0 Å². The molecule has 2 N–H and O–H groups in total. The van der Waals surface area contributed by atoms with E-state index in [1.54, 1.807) is 0 Å². The number of rotatable bonds is 6. The van der Waals surface area contributed by atoms with Crippen LogP contribution >= 0.6 is 0 Å². The van der Waals surface area contributed by atoms with Crippen LogP contribution in [0.3, 0.4) is 0 Å². The van der Waals surface area contributed by atoms with E-state index in [0.717, 1.165) is 25.0 Å². The molecule has 0 aromatic rings. The maximum absolute atomic E-state index is 6.00. The standard InChI is InChI=1S/C12H23NO/c13-12-3-1-2-11(12)7-9-14-8-6-10-4-5-10/h10-12H,1-9,13H2. The van der Waals surface area contributed by atoms with Crippen LogP contribution in [0.1, 0.15) is 44.9 Å². The molecule has 2 heteroatoms. The Morgan fingerprint density at radius 3 is 2.43 bits per heavy atom. The molecule has 2 atom stereocenters. The molecule has 2 nitrogen and oxygen atoms in total. The van der Waals surface area contributed by atoms with Gasteiger partial charge in [-0.1, -0.05) is 19.3 Å². The van der Waals surface area contributed by atoms with Crippen LogP contribution in [0, 0.1) is 11.8 Å². The zero-order valence-electron chi connectivity index (χ0n) is 9.08. The number of nitrogens with two attached hydrogens (primary N) is 1. The predicted octanol–water partition coefficient (Wildman–Crippen LogP) is 2.32. The van der Waals surface area contributed by atoms with Crippen LogP contribution in [0.2, 0.25) is 0 Å². The van der Waals surface area contributed by atoms with E-state index in [0.29, 0.717) is 6.04 Å². The molecule has 82 valence electrons. The molecule has 2 aliphatic rings. The zero-order valence-corrected chi connectivity index (χ0v) is 9.08. The van der Waals surface area contributed by atoms with Crippen molar-refractivity contribution in [3.8, 4) is 0 Å². The van der Waals surface area contributed by atoms with Gasteiger partial charge >= 0.3 is 0 Å². The average molecular weight is 197 g/mol. The molecule has 0 bridgehead atoms. The molecule has 0 aromatic carbocycles. The van der Waals surface area contributed by atoms with Gasteiger partial charge in [-0.15, -0.1) is 0 Å². The van der Waals surface area contributed by atoms with E-state index in [2.05, 4.69) is 0 Å². The first kappa shape index (κ1) is 10.4. The molecule has 2 fully saturated rings. The van der Waals surface area contributed by atoms with Crippen LogP contribution in [0.15, 0.2) is 0 Å². The average Bonchev–Trinajstić information content (AvgIpc) is 2.91. The lowest BCUT2D eigenvalue weighted by molar-refractivity contribution is 0.113. The quantitative estimate of drug-likeness (QED) is 0.663. The molecule has 2 unspecified atom stereocenters. The van der Waals surface area contributed by atoms with Gasteiger partial charge in [0.1, 0.15) is 0 Å². The van der Waals surface area contributed by atoms with Crippen molar-refractivity contribution in [1.29, 1.82) is 0 Å². The minimum Gasteiger partial charge on any atom is -0.381 e. The lowest BCUT2D eigenvalue weighted by Crippen LogP contribution is -2.25. The van der Waals surface area contributed by atoms with Crippen molar-refractivity contribution >= 4 is 0 Å². The van der Waals surface area contributed by atoms with Gasteiger partial charge in [0.25, 0.3) is 0 Å². The molecule has 14 heavy (non-hydrogen) atoms. The highest BCUT2D eigenvalue weighted by Gasteiger charge is 2.23. The summed E-state index contributed by atoms with van der Waals surface area (Å²) in [4.78, 5) is 0. The molecule has 0 aliphatic heterocycles. The first-order valence-electron chi connectivity index (χ1n) is 6.19. The largest absolute Gasteiger partial charge is 0.381 e. The molecule has 2 saturated carbocycles. The molecule has 0 amide bonds. The van der Waals surface area contributed by atoms with E-state index in [1.165, 1.54) is 44.9 Å². The SMILES string of the molecule is NC1CCCC1CCOCCC1CC1. The summed E-state index contributed by atoms with van der Waals surface area (Å²) in [6.45, 7) is 1.91. The van der Waals surface area contributed by atoms with Gasteiger partial charge in [0.05, 0.1) is 0 Å². The van der Waals surface area contributed by atoms with E-state index in [-0.39, 0.29) is 0 Å². The van der Waals surface area contributed by atoms with Gasteiger partial charge in [-0.25, -0.2) is 0 Å². The molecule has 0 heterocycles. The summed E-state index contributed by atoms with van der Waals surface area (Å²) in [5.41, 5.74) is 6.00. The number of hydrogen-bond acceptors (Lipinski definition) is 2. The third kappa shape index (κ3) is 3.25. The highest BCUT2D eigenvalue weighted by molar-refractivity contribution is 4.79. The fourth-order valence-electron chi connectivity index (χ4n) is 2.42. The van der Waals surface area contributed by atoms with Crippen LogP contribution in [-0.2, 0) is 4.74 Å². The molecule has 0 aromatic heterocycles. The van der Waals surface area contributed by atoms with Crippen LogP contribution in [-0.4, -0.2) is 19.3 Å². The normalized spacial score (nSPS) is 32.4. The molecule has 2 aliphatic carbocycles. The summed E-state index contributed by atoms with van der Waals surface area (Å²) in [7, 11) is 0. The summed E-state index contributed by atoms with van der Waals surface area (Å²) in [5.74, 6) is 1.75. The van der Waals surface area contributed by atoms with Gasteiger partial charge in [0, 0.05) is 19.3 Å². The Labute approximate surface area is 87.2 Å². The fraction of sp³-hybridized carbons (Fsp3) is 1.00. The Balaban J connectivity index is 1.45. The third-order valence-corrected chi connectivity index (χ3v) is 3.72. The molecule has 0 radical (unpaired) electrons. The van der Waals surface area contributed by atoms with E-state index in [1.807, 2.05) is 0 Å². The summed E-state index contributed by atoms with van der Waals surface area (Å²) < 4.78 is 5.64. The fourth-order valence-corrected chi connectivity index (χ4v) is 2.42. The van der Waals surface area contributed by atoms with Crippen molar-refractivity contribution in [2.75, 3.05) is 13.2 Å². The Bertz CT molecular complexity index is 168. The Kier molecular flexibility index (Phi) is 3.82. The Hall–Kier alpha value is -0.0800. The molecule has 0 saturated heterocycles. The van der Waals surface area contributed by atoms with Crippen molar-refractivity contribution in [1.82, 2.24) is 0 Å². The van der Waals surface area contributed by atoms with Crippen molar-refractivity contribution < 1.29 is 4.74 Å². The van der Waals surface area contributed by atoms with E-state index in [9.17, 15) is 0 Å². The van der Waals surface area contributed by atoms with Crippen LogP contribution in [0.5, 0.6) is 0 Å². The Morgan fingerprint density at radius 1 is 1.00 bits per heavy atom. The number of ether oxygens (including phenoxy) is 1. The van der Waals surface area contributed by atoms with Gasteiger partial charge in [0.15, 0.2) is 0 Å². The second-order valence-electron chi connectivity index (χ2n) is 4.99. The van der Waals surface area contributed by atoms with E-state index < -0.39 is 0 Å². The summed E-state index contributed by atoms with van der Waals surface area (Å²) in [6, 6.07) is 0.460. The molecule has 2 rings (SSSR count). The van der Waals surface area contributed by atoms with Gasteiger partial charge < -0.3 is 10.5 Å². The molecule has 0 spiro atoms. The molecular formula is C12H23NO. The van der Waals surface area contributed by atoms with Crippen LogP contribution in [0.25, 0.3) is 0 Å². The van der Waals surface area contributed by atoms with E-state index >= 15 is 0 Å². The summed E-state index contributed by atoms with van der Waals surface area (Å²) >= 11 is 0. The lowest BCUT2D eigenvalue weighted by Gasteiger charge is -2.14. The summed E-state index contributed by atoms with van der Waals surface area (Å²) in [6.07, 6.45) is 9.24. The monoisotopic (exact) mass is 197 g/mol. The number of hydrogen-bond donors (Lipinski definition) is 1. The topological polar surface area (TPSA) is 35.2 Å². The van der Waals surface area contributed by atoms with Crippen LogP contribution < -0.4 is 5.73 Å². The zero-order chi connectivity index (χ0) is 9.80. The lowest BCUT2D eigenvalue weighted by atomic mass is 10.0. The van der Waals surface area contributed by atoms with Gasteiger partial charge in [-0.2, -0.15) is 0 Å². The first-order chi connectivity index (χ1) is 6.86. The minimum atomic E-state index is 0.460. The second-order valence-corrected chi connectivity index (χ2v) is 4.99. The smallest absolute Gasteiger partial charge is 0.0469 e. The highest BCUT2D eigenvalue weighted by atomic mass is 16.5. The van der Waals surface area contributed by atoms with Crippen molar-refractivity contribution in [2.45, 2.75) is 51.0 Å². The van der Waals surface area contributed by atoms with Gasteiger partial charge in [0.2, 0.25) is 0 Å². The second kappa shape index (κ2) is 5.13. The van der Waals surface area contributed by atoms with Crippen molar-refractivity contribution in [2.24, 2.45) is 17.6 Å².